The number of benzene rings is 1. The van der Waals surface area contributed by atoms with E-state index in [1.54, 1.807) is 18.1 Å². The van der Waals surface area contributed by atoms with E-state index in [0.29, 0.717) is 18.2 Å². The summed E-state index contributed by atoms with van der Waals surface area (Å²) in [5, 5.41) is 11.1. The quantitative estimate of drug-likeness (QED) is 0.617. The van der Waals surface area contributed by atoms with E-state index in [-0.39, 0.29) is 5.91 Å². The Morgan fingerprint density at radius 1 is 1.38 bits per heavy atom. The molecule has 2 aromatic rings. The highest BCUT2D eigenvalue weighted by atomic mass is 32.2. The lowest BCUT2D eigenvalue weighted by atomic mass is 10.2. The third-order valence-electron chi connectivity index (χ3n) is 3.86. The van der Waals surface area contributed by atoms with Crippen LogP contribution in [-0.4, -0.2) is 26.4 Å². The summed E-state index contributed by atoms with van der Waals surface area (Å²) in [6.07, 6.45) is 6.26. The highest BCUT2D eigenvalue weighted by Crippen LogP contribution is 2.35. The SMILES string of the molecule is CC(C)=CCSc1ccccc1C(=O)NCc1nncn1C1CC1. The second kappa shape index (κ2) is 7.66. The zero-order chi connectivity index (χ0) is 16.9. The van der Waals surface area contributed by atoms with Gasteiger partial charge in [-0.05, 0) is 38.8 Å². The van der Waals surface area contributed by atoms with Gasteiger partial charge in [0.25, 0.3) is 5.91 Å². The van der Waals surface area contributed by atoms with Crippen molar-refractivity contribution in [1.82, 2.24) is 20.1 Å². The van der Waals surface area contributed by atoms with Crippen molar-refractivity contribution < 1.29 is 4.79 Å². The van der Waals surface area contributed by atoms with Gasteiger partial charge >= 0.3 is 0 Å². The molecule has 1 N–H and O–H groups in total. The summed E-state index contributed by atoms with van der Waals surface area (Å²) in [5.74, 6) is 1.61. The zero-order valence-electron chi connectivity index (χ0n) is 14.0. The zero-order valence-corrected chi connectivity index (χ0v) is 14.8. The molecule has 24 heavy (non-hydrogen) atoms. The second-order valence-corrected chi connectivity index (χ2v) is 7.22. The first kappa shape index (κ1) is 16.8. The maximum absolute atomic E-state index is 12.6. The highest BCUT2D eigenvalue weighted by Gasteiger charge is 2.26. The fraction of sp³-hybridized carbons (Fsp3) is 0.389. The number of carbonyl (C=O) groups excluding carboxylic acids is 1. The van der Waals surface area contributed by atoms with Gasteiger partial charge in [-0.3, -0.25) is 4.79 Å². The van der Waals surface area contributed by atoms with Crippen LogP contribution in [0.5, 0.6) is 0 Å². The third kappa shape index (κ3) is 4.26. The monoisotopic (exact) mass is 342 g/mol. The highest BCUT2D eigenvalue weighted by molar-refractivity contribution is 7.99. The number of aromatic nitrogens is 3. The fourth-order valence-corrected chi connectivity index (χ4v) is 3.47. The van der Waals surface area contributed by atoms with Gasteiger partial charge in [0, 0.05) is 16.7 Å². The molecule has 1 saturated carbocycles. The predicted molar refractivity (Wildman–Crippen MR) is 96.1 cm³/mol. The number of rotatable bonds is 7. The van der Waals surface area contributed by atoms with Gasteiger partial charge in [-0.15, -0.1) is 22.0 Å². The lowest BCUT2D eigenvalue weighted by Crippen LogP contribution is -2.25. The van der Waals surface area contributed by atoms with Crippen LogP contribution in [-0.2, 0) is 6.54 Å². The summed E-state index contributed by atoms with van der Waals surface area (Å²) in [5.41, 5.74) is 1.99. The molecule has 1 aliphatic carbocycles. The van der Waals surface area contributed by atoms with Crippen molar-refractivity contribution in [3.05, 3.63) is 53.6 Å². The molecule has 0 spiro atoms. The summed E-state index contributed by atoms with van der Waals surface area (Å²) >= 11 is 1.67. The number of allylic oxidation sites excluding steroid dienone is 1. The molecule has 1 aromatic carbocycles. The molecule has 5 nitrogen and oxygen atoms in total. The van der Waals surface area contributed by atoms with Crippen molar-refractivity contribution in [2.75, 3.05) is 5.75 Å². The normalized spacial score (nSPS) is 13.6. The Morgan fingerprint density at radius 3 is 2.92 bits per heavy atom. The standard InChI is InChI=1S/C18H22N4OS/c1-13(2)9-10-24-16-6-4-3-5-15(16)18(23)19-11-17-21-20-12-22(17)14-7-8-14/h3-6,9,12,14H,7-8,10-11H2,1-2H3,(H,19,23). The molecule has 1 aromatic heterocycles. The van der Waals surface area contributed by atoms with Crippen molar-refractivity contribution in [1.29, 1.82) is 0 Å². The molecule has 0 saturated heterocycles. The van der Waals surface area contributed by atoms with Gasteiger partial charge in [0.1, 0.15) is 6.33 Å². The van der Waals surface area contributed by atoms with Crippen LogP contribution >= 0.6 is 11.8 Å². The summed E-state index contributed by atoms with van der Waals surface area (Å²) in [4.78, 5) is 13.6. The molecule has 1 amide bonds. The average molecular weight is 342 g/mol. The van der Waals surface area contributed by atoms with E-state index in [1.807, 2.05) is 24.3 Å². The van der Waals surface area contributed by atoms with Crippen LogP contribution in [0.25, 0.3) is 0 Å². The van der Waals surface area contributed by atoms with Crippen LogP contribution in [0.2, 0.25) is 0 Å². The van der Waals surface area contributed by atoms with Gasteiger partial charge in [-0.25, -0.2) is 0 Å². The predicted octanol–water partition coefficient (Wildman–Crippen LogP) is 3.60. The molecule has 0 bridgehead atoms. The molecule has 0 aliphatic heterocycles. The number of nitrogens with zero attached hydrogens (tertiary/aromatic N) is 3. The van der Waals surface area contributed by atoms with E-state index >= 15 is 0 Å². The summed E-state index contributed by atoms with van der Waals surface area (Å²) in [6, 6.07) is 8.23. The minimum atomic E-state index is -0.0688. The van der Waals surface area contributed by atoms with E-state index in [9.17, 15) is 4.79 Å². The number of thioether (sulfide) groups is 1. The Labute approximate surface area is 146 Å². The molecule has 0 atom stereocenters. The Bertz CT molecular complexity index is 745. The van der Waals surface area contributed by atoms with Crippen LogP contribution in [0.4, 0.5) is 0 Å². The number of hydrogen-bond donors (Lipinski definition) is 1. The number of amides is 1. The smallest absolute Gasteiger partial charge is 0.252 e. The maximum atomic E-state index is 12.6. The molecule has 1 aliphatic rings. The second-order valence-electron chi connectivity index (χ2n) is 6.16. The third-order valence-corrected chi connectivity index (χ3v) is 4.86. The van der Waals surface area contributed by atoms with E-state index < -0.39 is 0 Å². The van der Waals surface area contributed by atoms with Crippen LogP contribution in [0.1, 0.15) is 48.9 Å². The van der Waals surface area contributed by atoms with Gasteiger partial charge < -0.3 is 9.88 Å². The van der Waals surface area contributed by atoms with E-state index in [0.717, 1.165) is 16.5 Å². The lowest BCUT2D eigenvalue weighted by Gasteiger charge is -2.10. The Balaban J connectivity index is 1.64. The Hall–Kier alpha value is -2.08. The van der Waals surface area contributed by atoms with Crippen LogP contribution < -0.4 is 5.32 Å². The first-order chi connectivity index (χ1) is 11.6. The van der Waals surface area contributed by atoms with Crippen molar-refractivity contribution >= 4 is 17.7 Å². The Kier molecular flexibility index (Phi) is 5.35. The fourth-order valence-electron chi connectivity index (χ4n) is 2.38. The summed E-state index contributed by atoms with van der Waals surface area (Å²) in [7, 11) is 0. The molecular weight excluding hydrogens is 320 g/mol. The van der Waals surface area contributed by atoms with Crippen LogP contribution in [0.15, 0.2) is 47.1 Å². The van der Waals surface area contributed by atoms with Crippen molar-refractivity contribution in [3.8, 4) is 0 Å². The number of nitrogens with one attached hydrogen (secondary N) is 1. The van der Waals surface area contributed by atoms with Gasteiger partial charge in [0.15, 0.2) is 5.82 Å². The minimum absolute atomic E-state index is 0.0688. The summed E-state index contributed by atoms with van der Waals surface area (Å²) < 4.78 is 2.07. The first-order valence-electron chi connectivity index (χ1n) is 8.17. The molecule has 1 fully saturated rings. The topological polar surface area (TPSA) is 59.8 Å². The van der Waals surface area contributed by atoms with E-state index in [2.05, 4.69) is 40.0 Å². The van der Waals surface area contributed by atoms with Gasteiger partial charge in [-0.2, -0.15) is 0 Å². The maximum Gasteiger partial charge on any atom is 0.252 e. The molecule has 126 valence electrons. The van der Waals surface area contributed by atoms with Gasteiger partial charge in [0.2, 0.25) is 0 Å². The average Bonchev–Trinajstić information content (AvgIpc) is 3.31. The van der Waals surface area contributed by atoms with Crippen molar-refractivity contribution in [2.24, 2.45) is 0 Å². The summed E-state index contributed by atoms with van der Waals surface area (Å²) in [6.45, 7) is 4.56. The molecule has 3 rings (SSSR count). The van der Waals surface area contributed by atoms with Crippen LogP contribution in [0, 0.1) is 0 Å². The van der Waals surface area contributed by atoms with Crippen molar-refractivity contribution in [2.45, 2.75) is 44.2 Å². The van der Waals surface area contributed by atoms with Crippen LogP contribution in [0.3, 0.4) is 0 Å². The molecule has 6 heteroatoms. The molecular formula is C18H22N4OS. The number of hydrogen-bond acceptors (Lipinski definition) is 4. The Morgan fingerprint density at radius 2 is 2.17 bits per heavy atom. The first-order valence-corrected chi connectivity index (χ1v) is 9.15. The van der Waals surface area contributed by atoms with E-state index in [4.69, 9.17) is 0 Å². The molecule has 1 heterocycles. The largest absolute Gasteiger partial charge is 0.345 e. The van der Waals surface area contributed by atoms with E-state index in [1.165, 1.54) is 18.4 Å². The van der Waals surface area contributed by atoms with Crippen molar-refractivity contribution in [3.63, 3.8) is 0 Å². The molecule has 0 unspecified atom stereocenters. The lowest BCUT2D eigenvalue weighted by molar-refractivity contribution is 0.0946. The van der Waals surface area contributed by atoms with Gasteiger partial charge in [0.05, 0.1) is 12.1 Å². The molecule has 0 radical (unpaired) electrons. The number of carbonyl (C=O) groups is 1. The van der Waals surface area contributed by atoms with Gasteiger partial charge in [-0.1, -0.05) is 23.8 Å². The minimum Gasteiger partial charge on any atom is -0.345 e.